The highest BCUT2D eigenvalue weighted by atomic mass is 16.5. The van der Waals surface area contributed by atoms with Crippen molar-refractivity contribution in [2.24, 2.45) is 0 Å². The van der Waals surface area contributed by atoms with Crippen molar-refractivity contribution in [1.29, 1.82) is 0 Å². The summed E-state index contributed by atoms with van der Waals surface area (Å²) in [5, 5.41) is 15.3. The Bertz CT molecular complexity index is 897. The first-order chi connectivity index (χ1) is 13.6. The van der Waals surface area contributed by atoms with Gasteiger partial charge in [-0.2, -0.15) is 0 Å². The first-order valence-electron chi connectivity index (χ1n) is 9.15. The van der Waals surface area contributed by atoms with Crippen molar-refractivity contribution in [2.75, 3.05) is 0 Å². The monoisotopic (exact) mass is 385 g/mol. The Labute approximate surface area is 162 Å². The molecule has 9 nitrogen and oxygen atoms in total. The Balaban J connectivity index is 1.53. The molecule has 0 amide bonds. The third-order valence-electron chi connectivity index (χ3n) is 4.32. The van der Waals surface area contributed by atoms with Gasteiger partial charge in [0.25, 0.3) is 0 Å². The van der Waals surface area contributed by atoms with E-state index in [1.807, 2.05) is 13.8 Å². The molecule has 0 fully saturated rings. The maximum absolute atomic E-state index is 12.2. The minimum atomic E-state index is -0.442. The molecule has 3 aromatic rings. The normalized spacial score (nSPS) is 10.8. The number of carbonyl (C=O) groups is 1. The summed E-state index contributed by atoms with van der Waals surface area (Å²) < 4.78 is 17.8. The van der Waals surface area contributed by atoms with Gasteiger partial charge in [0.05, 0.1) is 16.8 Å². The van der Waals surface area contributed by atoms with E-state index in [0.29, 0.717) is 30.3 Å². The average molecular weight is 385 g/mol. The molecule has 2 aromatic heterocycles. The van der Waals surface area contributed by atoms with Crippen LogP contribution >= 0.6 is 0 Å². The van der Waals surface area contributed by atoms with E-state index < -0.39 is 5.97 Å². The summed E-state index contributed by atoms with van der Waals surface area (Å²) in [5.41, 5.74) is 2.15. The van der Waals surface area contributed by atoms with Crippen molar-refractivity contribution in [3.05, 3.63) is 52.7 Å². The minimum Gasteiger partial charge on any atom is -0.489 e. The van der Waals surface area contributed by atoms with Gasteiger partial charge in [0.2, 0.25) is 0 Å². The van der Waals surface area contributed by atoms with Gasteiger partial charge in [-0.25, -0.2) is 9.48 Å². The lowest BCUT2D eigenvalue weighted by atomic mass is 10.2. The Hall–Kier alpha value is -3.23. The lowest BCUT2D eigenvalue weighted by Crippen LogP contribution is -2.11. The van der Waals surface area contributed by atoms with Crippen molar-refractivity contribution in [3.63, 3.8) is 0 Å². The molecule has 0 aliphatic carbocycles. The van der Waals surface area contributed by atoms with Crippen LogP contribution < -0.4 is 4.74 Å². The maximum atomic E-state index is 12.2. The second-order valence-electron chi connectivity index (χ2n) is 6.36. The van der Waals surface area contributed by atoms with Gasteiger partial charge in [0.15, 0.2) is 12.4 Å². The predicted octanol–water partition coefficient (Wildman–Crippen LogP) is 3.01. The molecule has 0 saturated carbocycles. The molecule has 28 heavy (non-hydrogen) atoms. The summed E-state index contributed by atoms with van der Waals surface area (Å²) in [6.45, 7) is 6.88. The van der Waals surface area contributed by atoms with E-state index in [-0.39, 0.29) is 6.61 Å². The lowest BCUT2D eigenvalue weighted by Gasteiger charge is -2.08. The number of aromatic nitrogens is 5. The second kappa shape index (κ2) is 9.12. The van der Waals surface area contributed by atoms with Crippen LogP contribution in [-0.4, -0.2) is 31.3 Å². The quantitative estimate of drug-likeness (QED) is 0.518. The van der Waals surface area contributed by atoms with Crippen LogP contribution in [0.3, 0.4) is 0 Å². The third-order valence-corrected chi connectivity index (χ3v) is 4.32. The van der Waals surface area contributed by atoms with Gasteiger partial charge >= 0.3 is 5.97 Å². The zero-order valence-electron chi connectivity index (χ0n) is 16.2. The first kappa shape index (κ1) is 19.5. The molecule has 148 valence electrons. The summed E-state index contributed by atoms with van der Waals surface area (Å²) >= 11 is 0. The van der Waals surface area contributed by atoms with Crippen LogP contribution in [-0.2, 0) is 24.5 Å². The number of esters is 1. The fourth-order valence-corrected chi connectivity index (χ4v) is 2.57. The Kier molecular flexibility index (Phi) is 6.36. The molecular formula is C19H23N5O4. The molecule has 9 heteroatoms. The second-order valence-corrected chi connectivity index (χ2v) is 6.36. The van der Waals surface area contributed by atoms with E-state index in [4.69, 9.17) is 14.0 Å². The molecule has 0 aliphatic heterocycles. The number of aryl methyl sites for hydroxylation is 3. The molecule has 0 atom stereocenters. The number of ether oxygens (including phenoxy) is 2. The summed E-state index contributed by atoms with van der Waals surface area (Å²) in [6, 6.07) is 6.76. The largest absolute Gasteiger partial charge is 0.489 e. The molecule has 0 N–H and O–H groups in total. The molecule has 0 unspecified atom stereocenters. The molecule has 1 aromatic carbocycles. The van der Waals surface area contributed by atoms with Crippen LogP contribution in [0.25, 0.3) is 0 Å². The summed E-state index contributed by atoms with van der Waals surface area (Å²) in [4.78, 5) is 12.2. The lowest BCUT2D eigenvalue weighted by molar-refractivity contribution is 0.0456. The van der Waals surface area contributed by atoms with Gasteiger partial charge in [-0.15, -0.1) is 5.10 Å². The number of carbonyl (C=O) groups excluding carboxylic acids is 1. The average Bonchev–Trinajstić information content (AvgIpc) is 3.29. The molecular weight excluding hydrogens is 362 g/mol. The number of hydrogen-bond donors (Lipinski definition) is 0. The molecule has 0 bridgehead atoms. The molecule has 0 radical (unpaired) electrons. The van der Waals surface area contributed by atoms with Crippen LogP contribution in [0.1, 0.15) is 53.0 Å². The van der Waals surface area contributed by atoms with Gasteiger partial charge in [0, 0.05) is 6.54 Å². The fraction of sp³-hybridized carbons (Fsp3) is 0.421. The van der Waals surface area contributed by atoms with Crippen molar-refractivity contribution in [3.8, 4) is 5.75 Å². The number of tetrazole rings is 1. The highest BCUT2D eigenvalue weighted by Gasteiger charge is 2.13. The highest BCUT2D eigenvalue weighted by molar-refractivity contribution is 5.89. The minimum absolute atomic E-state index is 0.0276. The smallest absolute Gasteiger partial charge is 0.338 e. The van der Waals surface area contributed by atoms with E-state index in [0.717, 1.165) is 29.9 Å². The predicted molar refractivity (Wildman–Crippen MR) is 98.6 cm³/mol. The SMILES string of the molecule is CCCCn1nnnc1COC(=O)c1ccc(OCc2c(C)noc2C)cc1. The van der Waals surface area contributed by atoms with Crippen LogP contribution in [0.15, 0.2) is 28.8 Å². The fourth-order valence-electron chi connectivity index (χ4n) is 2.57. The number of unbranched alkanes of at least 4 members (excludes halogenated alkanes) is 1. The van der Waals surface area contributed by atoms with Crippen LogP contribution in [0.2, 0.25) is 0 Å². The molecule has 0 saturated heterocycles. The Morgan fingerprint density at radius 2 is 1.96 bits per heavy atom. The zero-order valence-corrected chi connectivity index (χ0v) is 16.2. The van der Waals surface area contributed by atoms with Gasteiger partial charge in [-0.3, -0.25) is 0 Å². The number of nitrogens with zero attached hydrogens (tertiary/aromatic N) is 5. The van der Waals surface area contributed by atoms with E-state index in [1.165, 1.54) is 0 Å². The Morgan fingerprint density at radius 1 is 1.18 bits per heavy atom. The van der Waals surface area contributed by atoms with Crippen molar-refractivity contribution in [2.45, 2.75) is 53.4 Å². The van der Waals surface area contributed by atoms with Crippen molar-refractivity contribution in [1.82, 2.24) is 25.4 Å². The van der Waals surface area contributed by atoms with Gasteiger partial charge in [0.1, 0.15) is 18.1 Å². The van der Waals surface area contributed by atoms with E-state index >= 15 is 0 Å². The van der Waals surface area contributed by atoms with Gasteiger partial charge in [-0.05, 0) is 55.0 Å². The van der Waals surface area contributed by atoms with Crippen LogP contribution in [0, 0.1) is 13.8 Å². The van der Waals surface area contributed by atoms with E-state index in [1.54, 1.807) is 28.9 Å². The van der Waals surface area contributed by atoms with Crippen molar-refractivity contribution >= 4 is 5.97 Å². The molecule has 3 rings (SSSR count). The molecule has 2 heterocycles. The van der Waals surface area contributed by atoms with Crippen molar-refractivity contribution < 1.29 is 18.8 Å². The van der Waals surface area contributed by atoms with Gasteiger partial charge < -0.3 is 14.0 Å². The molecule has 0 spiro atoms. The summed E-state index contributed by atoms with van der Waals surface area (Å²) in [5.74, 6) is 1.46. The topological polar surface area (TPSA) is 105 Å². The van der Waals surface area contributed by atoms with Gasteiger partial charge in [-0.1, -0.05) is 18.5 Å². The third kappa shape index (κ3) is 4.73. The number of hydrogen-bond acceptors (Lipinski definition) is 8. The van der Waals surface area contributed by atoms with E-state index in [9.17, 15) is 4.79 Å². The van der Waals surface area contributed by atoms with E-state index in [2.05, 4.69) is 27.6 Å². The maximum Gasteiger partial charge on any atom is 0.338 e. The summed E-state index contributed by atoms with van der Waals surface area (Å²) in [7, 11) is 0. The number of rotatable bonds is 9. The standard InChI is InChI=1S/C19H23N5O4/c1-4-5-10-24-18(20-22-23-24)12-27-19(25)15-6-8-16(9-7-15)26-11-17-13(2)21-28-14(17)3/h6-9H,4-5,10-12H2,1-3H3. The highest BCUT2D eigenvalue weighted by Crippen LogP contribution is 2.18. The molecule has 0 aliphatic rings. The first-order valence-corrected chi connectivity index (χ1v) is 9.15. The zero-order chi connectivity index (χ0) is 19.9. The van der Waals surface area contributed by atoms with Crippen LogP contribution in [0.5, 0.6) is 5.75 Å². The Morgan fingerprint density at radius 3 is 2.64 bits per heavy atom. The number of benzene rings is 1. The summed E-state index contributed by atoms with van der Waals surface area (Å²) in [6.07, 6.45) is 1.99. The van der Waals surface area contributed by atoms with Crippen LogP contribution in [0.4, 0.5) is 0 Å².